The molecule has 3 nitrogen and oxygen atoms in total. The average Bonchev–Trinajstić information content (AvgIpc) is 2.43. The molecule has 0 radical (unpaired) electrons. The van der Waals surface area contributed by atoms with Crippen LogP contribution in [-0.4, -0.2) is 25.5 Å². The van der Waals surface area contributed by atoms with E-state index in [0.717, 1.165) is 41.5 Å². The number of carbonyl (C=O) groups excluding carboxylic acids is 1. The summed E-state index contributed by atoms with van der Waals surface area (Å²) in [6.07, 6.45) is 4.26. The Morgan fingerprint density at radius 3 is 3.05 bits per heavy atom. The first-order chi connectivity index (χ1) is 9.18. The van der Waals surface area contributed by atoms with Crippen LogP contribution in [0.1, 0.15) is 28.8 Å². The highest BCUT2D eigenvalue weighted by Crippen LogP contribution is 2.19. The number of nitrogens with one attached hydrogen (secondary N) is 2. The molecule has 102 valence electrons. The molecule has 2 rings (SSSR count). The second-order valence-corrected chi connectivity index (χ2v) is 5.59. The Kier molecular flexibility index (Phi) is 5.16. The smallest absolute Gasteiger partial charge is 0.251 e. The second-order valence-electron chi connectivity index (χ2n) is 4.73. The summed E-state index contributed by atoms with van der Waals surface area (Å²) in [5, 5.41) is 6.28. The molecule has 0 unspecified atom stereocenters. The Bertz CT molecular complexity index is 497. The molecule has 0 atom stereocenters. The van der Waals surface area contributed by atoms with Crippen molar-refractivity contribution in [3.8, 4) is 0 Å². The van der Waals surface area contributed by atoms with Gasteiger partial charge >= 0.3 is 0 Å². The van der Waals surface area contributed by atoms with Crippen molar-refractivity contribution in [3.05, 3.63) is 45.4 Å². The van der Waals surface area contributed by atoms with Crippen LogP contribution in [0.4, 0.5) is 0 Å². The van der Waals surface area contributed by atoms with Gasteiger partial charge in [0.1, 0.15) is 0 Å². The summed E-state index contributed by atoms with van der Waals surface area (Å²) in [5.74, 6) is 0.00772. The monoisotopic (exact) mass is 322 g/mol. The summed E-state index contributed by atoms with van der Waals surface area (Å²) in [5.41, 5.74) is 3.17. The lowest BCUT2D eigenvalue weighted by Crippen LogP contribution is -2.27. The van der Waals surface area contributed by atoms with E-state index >= 15 is 0 Å². The summed E-state index contributed by atoms with van der Waals surface area (Å²) in [7, 11) is 0. The van der Waals surface area contributed by atoms with E-state index in [0.29, 0.717) is 6.54 Å². The van der Waals surface area contributed by atoms with Gasteiger partial charge in [-0.15, -0.1) is 0 Å². The van der Waals surface area contributed by atoms with Crippen LogP contribution in [0, 0.1) is 6.92 Å². The van der Waals surface area contributed by atoms with Crippen LogP contribution in [0.2, 0.25) is 0 Å². The topological polar surface area (TPSA) is 41.1 Å². The Morgan fingerprint density at radius 1 is 1.47 bits per heavy atom. The molecule has 0 aromatic heterocycles. The molecule has 0 saturated carbocycles. The highest BCUT2D eigenvalue weighted by molar-refractivity contribution is 9.10. The first kappa shape index (κ1) is 14.3. The van der Waals surface area contributed by atoms with E-state index in [4.69, 9.17) is 0 Å². The number of carbonyl (C=O) groups is 1. The Labute approximate surface area is 122 Å². The summed E-state index contributed by atoms with van der Waals surface area (Å²) >= 11 is 3.45. The maximum Gasteiger partial charge on any atom is 0.251 e. The molecule has 1 aromatic rings. The van der Waals surface area contributed by atoms with Gasteiger partial charge in [-0.1, -0.05) is 33.6 Å². The van der Waals surface area contributed by atoms with Crippen molar-refractivity contribution < 1.29 is 4.79 Å². The van der Waals surface area contributed by atoms with Gasteiger partial charge < -0.3 is 10.6 Å². The zero-order chi connectivity index (χ0) is 13.7. The Morgan fingerprint density at radius 2 is 2.32 bits per heavy atom. The van der Waals surface area contributed by atoms with Crippen LogP contribution < -0.4 is 10.6 Å². The fourth-order valence-corrected chi connectivity index (χ4v) is 2.55. The van der Waals surface area contributed by atoms with Gasteiger partial charge in [-0.25, -0.2) is 0 Å². The highest BCUT2D eigenvalue weighted by atomic mass is 79.9. The number of hydrogen-bond acceptors (Lipinski definition) is 2. The molecule has 1 aromatic carbocycles. The quantitative estimate of drug-likeness (QED) is 0.837. The molecular weight excluding hydrogens is 304 g/mol. The lowest BCUT2D eigenvalue weighted by atomic mass is 10.1. The van der Waals surface area contributed by atoms with Gasteiger partial charge in [-0.3, -0.25) is 4.79 Å². The minimum Gasteiger partial charge on any atom is -0.352 e. The Hall–Kier alpha value is -1.13. The van der Waals surface area contributed by atoms with E-state index in [-0.39, 0.29) is 5.91 Å². The molecule has 2 N–H and O–H groups in total. The van der Waals surface area contributed by atoms with Gasteiger partial charge in [0.05, 0.1) is 0 Å². The first-order valence-corrected chi connectivity index (χ1v) is 7.39. The van der Waals surface area contributed by atoms with Crippen LogP contribution >= 0.6 is 15.9 Å². The maximum absolute atomic E-state index is 12.1. The first-order valence-electron chi connectivity index (χ1n) is 6.60. The van der Waals surface area contributed by atoms with E-state index in [1.165, 1.54) is 5.57 Å². The fourth-order valence-electron chi connectivity index (χ4n) is 2.18. The summed E-state index contributed by atoms with van der Waals surface area (Å²) in [4.78, 5) is 12.1. The summed E-state index contributed by atoms with van der Waals surface area (Å²) in [6, 6.07) is 5.70. The van der Waals surface area contributed by atoms with Crippen molar-refractivity contribution in [2.45, 2.75) is 19.8 Å². The number of benzene rings is 1. The van der Waals surface area contributed by atoms with Crippen molar-refractivity contribution in [3.63, 3.8) is 0 Å². The van der Waals surface area contributed by atoms with Gasteiger partial charge in [0, 0.05) is 23.1 Å². The Balaban J connectivity index is 1.87. The molecule has 1 amide bonds. The largest absolute Gasteiger partial charge is 0.352 e. The van der Waals surface area contributed by atoms with E-state index < -0.39 is 0 Å². The molecule has 1 aliphatic heterocycles. The predicted octanol–water partition coefficient (Wildman–Crippen LogP) is 2.80. The van der Waals surface area contributed by atoms with Crippen LogP contribution in [0.5, 0.6) is 0 Å². The van der Waals surface area contributed by atoms with Gasteiger partial charge in [-0.05, 0) is 44.0 Å². The normalized spacial score (nSPS) is 14.9. The van der Waals surface area contributed by atoms with Crippen LogP contribution in [0.25, 0.3) is 0 Å². The molecule has 0 aliphatic carbocycles. The van der Waals surface area contributed by atoms with Gasteiger partial charge in [-0.2, -0.15) is 0 Å². The SMILES string of the molecule is Cc1c(Br)cccc1C(=O)NCCC1=CCNCC1. The molecule has 19 heavy (non-hydrogen) atoms. The standard InChI is InChI=1S/C15H19BrN2O/c1-11-13(3-2-4-14(11)16)15(19)18-10-7-12-5-8-17-9-6-12/h2-5,17H,6-10H2,1H3,(H,18,19). The minimum absolute atomic E-state index is 0.00772. The number of hydrogen-bond donors (Lipinski definition) is 2. The molecule has 1 aliphatic rings. The van der Waals surface area contributed by atoms with Crippen molar-refractivity contribution in [2.75, 3.05) is 19.6 Å². The predicted molar refractivity (Wildman–Crippen MR) is 81.4 cm³/mol. The van der Waals surface area contributed by atoms with Gasteiger partial charge in [0.15, 0.2) is 0 Å². The number of amides is 1. The zero-order valence-electron chi connectivity index (χ0n) is 11.1. The summed E-state index contributed by atoms with van der Waals surface area (Å²) in [6.45, 7) is 4.66. The number of rotatable bonds is 4. The second kappa shape index (κ2) is 6.87. The highest BCUT2D eigenvalue weighted by Gasteiger charge is 2.10. The van der Waals surface area contributed by atoms with Crippen molar-refractivity contribution >= 4 is 21.8 Å². The fraction of sp³-hybridized carbons (Fsp3) is 0.400. The van der Waals surface area contributed by atoms with Crippen molar-refractivity contribution in [2.24, 2.45) is 0 Å². The lowest BCUT2D eigenvalue weighted by molar-refractivity contribution is 0.0953. The van der Waals surface area contributed by atoms with Crippen LogP contribution in [-0.2, 0) is 0 Å². The number of halogens is 1. The van der Waals surface area contributed by atoms with E-state index in [1.54, 1.807) is 0 Å². The van der Waals surface area contributed by atoms with Crippen LogP contribution in [0.15, 0.2) is 34.3 Å². The van der Waals surface area contributed by atoms with Gasteiger partial charge in [0.2, 0.25) is 0 Å². The summed E-state index contributed by atoms with van der Waals surface area (Å²) < 4.78 is 0.973. The van der Waals surface area contributed by atoms with Gasteiger partial charge in [0.25, 0.3) is 5.91 Å². The van der Waals surface area contributed by atoms with Crippen LogP contribution in [0.3, 0.4) is 0 Å². The molecule has 4 heteroatoms. The molecule has 0 spiro atoms. The van der Waals surface area contributed by atoms with Crippen molar-refractivity contribution in [1.29, 1.82) is 0 Å². The third-order valence-corrected chi connectivity index (χ3v) is 4.26. The maximum atomic E-state index is 12.1. The molecular formula is C15H19BrN2O. The van der Waals surface area contributed by atoms with Crippen molar-refractivity contribution in [1.82, 2.24) is 10.6 Å². The molecule has 0 fully saturated rings. The average molecular weight is 323 g/mol. The third kappa shape index (κ3) is 3.91. The third-order valence-electron chi connectivity index (χ3n) is 3.40. The van der Waals surface area contributed by atoms with E-state index in [9.17, 15) is 4.79 Å². The molecule has 0 bridgehead atoms. The molecule has 1 heterocycles. The van der Waals surface area contributed by atoms with E-state index in [2.05, 4.69) is 32.6 Å². The van der Waals surface area contributed by atoms with E-state index in [1.807, 2.05) is 25.1 Å². The lowest BCUT2D eigenvalue weighted by Gasteiger charge is -2.14. The molecule has 0 saturated heterocycles. The zero-order valence-corrected chi connectivity index (χ0v) is 12.7. The minimum atomic E-state index is 0.00772.